The van der Waals surface area contributed by atoms with Crippen molar-refractivity contribution in [3.05, 3.63) is 71.4 Å². The number of benzene rings is 2. The maximum Gasteiger partial charge on any atom is 0.243 e. The maximum absolute atomic E-state index is 13.3. The van der Waals surface area contributed by atoms with Crippen molar-refractivity contribution in [2.24, 2.45) is 0 Å². The number of sulfonamides is 1. The molecule has 34 heavy (non-hydrogen) atoms. The van der Waals surface area contributed by atoms with E-state index in [1.807, 2.05) is 37.3 Å². The summed E-state index contributed by atoms with van der Waals surface area (Å²) < 4.78 is 34.3. The largest absolute Gasteiger partial charge is 0.373 e. The fraction of sp³-hybridized carbons (Fsp3) is 0.360. The van der Waals surface area contributed by atoms with Crippen LogP contribution in [0.25, 0.3) is 10.9 Å². The molecule has 1 N–H and O–H groups in total. The van der Waals surface area contributed by atoms with Crippen LogP contribution in [0, 0.1) is 6.92 Å². The zero-order valence-corrected chi connectivity index (χ0v) is 19.9. The fourth-order valence-electron chi connectivity index (χ4n) is 4.35. The van der Waals surface area contributed by atoms with E-state index in [0.717, 1.165) is 22.2 Å². The van der Waals surface area contributed by atoms with E-state index in [9.17, 15) is 18.4 Å². The second kappa shape index (κ2) is 10.6. The number of hydroxylamine groups is 2. The van der Waals surface area contributed by atoms with E-state index in [4.69, 9.17) is 4.74 Å². The van der Waals surface area contributed by atoms with Crippen LogP contribution in [-0.4, -0.2) is 60.1 Å². The second-order valence-electron chi connectivity index (χ2n) is 8.48. The molecule has 1 amide bonds. The summed E-state index contributed by atoms with van der Waals surface area (Å²) in [5.74, 6) is 0. The Bertz CT molecular complexity index is 1260. The van der Waals surface area contributed by atoms with Crippen LogP contribution in [0.2, 0.25) is 0 Å². The number of nitrogens with zero attached hydrogens (tertiary/aromatic N) is 3. The number of hydrogen-bond acceptors (Lipinski definition) is 6. The minimum atomic E-state index is -3.69. The number of aryl methyl sites for hydroxylation is 1. The Morgan fingerprint density at radius 2 is 1.82 bits per heavy atom. The zero-order valence-electron chi connectivity index (χ0n) is 19.1. The molecular formula is C25H29N3O5S. The molecule has 0 atom stereocenters. The highest BCUT2D eigenvalue weighted by Gasteiger charge is 2.31. The van der Waals surface area contributed by atoms with Crippen LogP contribution in [0.15, 0.2) is 59.5 Å². The molecule has 1 aromatic heterocycles. The van der Waals surface area contributed by atoms with Gasteiger partial charge in [-0.3, -0.25) is 15.0 Å². The van der Waals surface area contributed by atoms with Crippen molar-refractivity contribution in [2.45, 2.75) is 43.8 Å². The Morgan fingerprint density at radius 3 is 2.59 bits per heavy atom. The topological polar surface area (TPSA) is 100 Å². The van der Waals surface area contributed by atoms with E-state index in [1.165, 1.54) is 4.31 Å². The first-order chi connectivity index (χ1) is 16.4. The molecule has 1 aliphatic rings. The van der Waals surface area contributed by atoms with Gasteiger partial charge in [-0.2, -0.15) is 4.31 Å². The molecule has 2 aromatic carbocycles. The van der Waals surface area contributed by atoms with Gasteiger partial charge in [-0.1, -0.05) is 36.4 Å². The van der Waals surface area contributed by atoms with Crippen LogP contribution in [0.4, 0.5) is 0 Å². The maximum atomic E-state index is 13.3. The predicted molar refractivity (Wildman–Crippen MR) is 128 cm³/mol. The van der Waals surface area contributed by atoms with Crippen molar-refractivity contribution in [3.8, 4) is 0 Å². The third-order valence-electron chi connectivity index (χ3n) is 6.13. The van der Waals surface area contributed by atoms with E-state index in [2.05, 4.69) is 4.98 Å². The van der Waals surface area contributed by atoms with Gasteiger partial charge in [0.05, 0.1) is 29.7 Å². The SMILES string of the molecule is Cc1cc(COC2CCN(S(=O)(=O)c3ccccc3CCN(O)C=O)CC2)c2ccccc2n1. The average Bonchev–Trinajstić information content (AvgIpc) is 2.86. The minimum absolute atomic E-state index is 0.0229. The summed E-state index contributed by atoms with van der Waals surface area (Å²) in [5.41, 5.74) is 3.54. The first-order valence-electron chi connectivity index (χ1n) is 11.3. The Balaban J connectivity index is 1.39. The van der Waals surface area contributed by atoms with E-state index in [1.54, 1.807) is 24.3 Å². The van der Waals surface area contributed by atoms with Gasteiger partial charge in [-0.05, 0) is 55.5 Å². The van der Waals surface area contributed by atoms with Crippen molar-refractivity contribution >= 4 is 27.3 Å². The highest BCUT2D eigenvalue weighted by atomic mass is 32.2. The highest BCUT2D eigenvalue weighted by Crippen LogP contribution is 2.26. The molecule has 4 rings (SSSR count). The molecule has 8 nitrogen and oxygen atoms in total. The monoisotopic (exact) mass is 483 g/mol. The van der Waals surface area contributed by atoms with Gasteiger partial charge in [-0.25, -0.2) is 13.5 Å². The van der Waals surface area contributed by atoms with Crippen LogP contribution in [0.3, 0.4) is 0 Å². The highest BCUT2D eigenvalue weighted by molar-refractivity contribution is 7.89. The lowest BCUT2D eigenvalue weighted by Crippen LogP contribution is -2.41. The molecule has 1 aliphatic heterocycles. The average molecular weight is 484 g/mol. The number of fused-ring (bicyclic) bond motifs is 1. The normalized spacial score (nSPS) is 15.5. The van der Waals surface area contributed by atoms with Crippen LogP contribution in [0.1, 0.15) is 29.7 Å². The van der Waals surface area contributed by atoms with E-state index >= 15 is 0 Å². The number of para-hydroxylation sites is 1. The van der Waals surface area contributed by atoms with Crippen molar-refractivity contribution in [1.82, 2.24) is 14.4 Å². The van der Waals surface area contributed by atoms with Crippen molar-refractivity contribution in [2.75, 3.05) is 19.6 Å². The molecule has 180 valence electrons. The van der Waals surface area contributed by atoms with Gasteiger partial charge >= 0.3 is 0 Å². The number of carbonyl (C=O) groups excluding carboxylic acids is 1. The number of hydrogen-bond donors (Lipinski definition) is 1. The Morgan fingerprint density at radius 1 is 1.12 bits per heavy atom. The van der Waals surface area contributed by atoms with Crippen LogP contribution < -0.4 is 0 Å². The molecule has 0 radical (unpaired) electrons. The quantitative estimate of drug-likeness (QED) is 0.285. The van der Waals surface area contributed by atoms with Crippen molar-refractivity contribution in [3.63, 3.8) is 0 Å². The summed E-state index contributed by atoms with van der Waals surface area (Å²) in [4.78, 5) is 15.4. The van der Waals surface area contributed by atoms with E-state index in [0.29, 0.717) is 49.6 Å². The number of pyridine rings is 1. The number of aromatic nitrogens is 1. The third-order valence-corrected chi connectivity index (χ3v) is 8.13. The second-order valence-corrected chi connectivity index (χ2v) is 10.4. The smallest absolute Gasteiger partial charge is 0.243 e. The number of rotatable bonds is 9. The van der Waals surface area contributed by atoms with Crippen molar-refractivity contribution < 1.29 is 23.2 Å². The molecule has 9 heteroatoms. The van der Waals surface area contributed by atoms with Gasteiger partial charge in [0.15, 0.2) is 0 Å². The van der Waals surface area contributed by atoms with Gasteiger partial charge in [-0.15, -0.1) is 0 Å². The Labute approximate surface area is 199 Å². The molecule has 0 spiro atoms. The summed E-state index contributed by atoms with van der Waals surface area (Å²) >= 11 is 0. The lowest BCUT2D eigenvalue weighted by Gasteiger charge is -2.31. The van der Waals surface area contributed by atoms with Gasteiger partial charge in [0.25, 0.3) is 0 Å². The number of piperidine rings is 1. The Hall–Kier alpha value is -2.85. The molecule has 1 fully saturated rings. The van der Waals surface area contributed by atoms with Crippen LogP contribution in [-0.2, 0) is 32.6 Å². The van der Waals surface area contributed by atoms with Gasteiger partial charge < -0.3 is 4.74 Å². The van der Waals surface area contributed by atoms with E-state index < -0.39 is 10.0 Å². The molecule has 0 bridgehead atoms. The predicted octanol–water partition coefficient (Wildman–Crippen LogP) is 3.30. The molecule has 2 heterocycles. The lowest BCUT2D eigenvalue weighted by molar-refractivity contribution is -0.149. The number of carbonyl (C=O) groups is 1. The van der Waals surface area contributed by atoms with E-state index in [-0.39, 0.29) is 24.0 Å². The third kappa shape index (κ3) is 5.44. The molecule has 0 aliphatic carbocycles. The fourth-order valence-corrected chi connectivity index (χ4v) is 6.07. The molecule has 0 saturated carbocycles. The summed E-state index contributed by atoms with van der Waals surface area (Å²) in [5, 5.41) is 11.0. The van der Waals surface area contributed by atoms with Gasteiger partial charge in [0, 0.05) is 24.2 Å². The van der Waals surface area contributed by atoms with Crippen LogP contribution in [0.5, 0.6) is 0 Å². The zero-order chi connectivity index (χ0) is 24.1. The molecule has 1 saturated heterocycles. The number of amides is 1. The molecular weight excluding hydrogens is 454 g/mol. The molecule has 0 unspecified atom stereocenters. The summed E-state index contributed by atoms with van der Waals surface area (Å²) in [7, 11) is -3.69. The first kappa shape index (κ1) is 24.3. The standard InChI is InChI=1S/C25H29N3O5S/c1-19-16-21(23-7-3-4-8-24(23)26-19)17-33-22-11-14-28(15-12-22)34(31,32)25-9-5-2-6-20(25)10-13-27(30)18-29/h2-9,16,18,22,30H,10-15,17H2,1H3. The van der Waals surface area contributed by atoms with Crippen molar-refractivity contribution in [1.29, 1.82) is 0 Å². The van der Waals surface area contributed by atoms with Gasteiger partial charge in [0.2, 0.25) is 16.4 Å². The summed E-state index contributed by atoms with van der Waals surface area (Å²) in [6.07, 6.45) is 1.74. The Kier molecular flexibility index (Phi) is 7.57. The minimum Gasteiger partial charge on any atom is -0.373 e. The number of ether oxygens (including phenoxy) is 1. The lowest BCUT2D eigenvalue weighted by atomic mass is 10.1. The summed E-state index contributed by atoms with van der Waals surface area (Å²) in [6.45, 7) is 3.19. The first-order valence-corrected chi connectivity index (χ1v) is 12.8. The van der Waals surface area contributed by atoms with Crippen LogP contribution >= 0.6 is 0 Å². The van der Waals surface area contributed by atoms with Gasteiger partial charge in [0.1, 0.15) is 0 Å². The molecule has 3 aromatic rings. The summed E-state index contributed by atoms with van der Waals surface area (Å²) in [6, 6.07) is 16.7.